The van der Waals surface area contributed by atoms with Gasteiger partial charge in [-0.05, 0) is 12.1 Å². The van der Waals surface area contributed by atoms with E-state index in [1.165, 1.54) is 12.1 Å². The SMILES string of the molecule is CN1c2nccc[n+]2CC1(O)c1cccc(F)c1. The zero-order valence-corrected chi connectivity index (χ0v) is 9.92. The molecule has 1 atom stereocenters. The van der Waals surface area contributed by atoms with Crippen LogP contribution < -0.4 is 9.47 Å². The number of hydrogen-bond acceptors (Lipinski definition) is 3. The topological polar surface area (TPSA) is 40.2 Å². The van der Waals surface area contributed by atoms with Gasteiger partial charge in [0, 0.05) is 11.6 Å². The molecule has 0 aliphatic carbocycles. The molecule has 0 spiro atoms. The predicted octanol–water partition coefficient (Wildman–Crippen LogP) is 0.803. The highest BCUT2D eigenvalue weighted by atomic mass is 19.1. The molecule has 1 aliphatic rings. The highest BCUT2D eigenvalue weighted by molar-refractivity contribution is 5.36. The number of rotatable bonds is 1. The van der Waals surface area contributed by atoms with Crippen LogP contribution >= 0.6 is 0 Å². The average Bonchev–Trinajstić information content (AvgIpc) is 2.64. The second kappa shape index (κ2) is 3.74. The number of halogens is 1. The molecule has 2 heterocycles. The number of nitrogens with zero attached hydrogens (tertiary/aromatic N) is 3. The maximum absolute atomic E-state index is 13.3. The molecule has 0 amide bonds. The van der Waals surface area contributed by atoms with E-state index in [9.17, 15) is 9.50 Å². The third kappa shape index (κ3) is 1.48. The lowest BCUT2D eigenvalue weighted by Gasteiger charge is -2.25. The number of hydrogen-bond donors (Lipinski definition) is 1. The summed E-state index contributed by atoms with van der Waals surface area (Å²) in [7, 11) is 1.75. The van der Waals surface area contributed by atoms with Gasteiger partial charge in [0.1, 0.15) is 18.6 Å². The smallest absolute Gasteiger partial charge is 0.353 e. The molecule has 0 radical (unpaired) electrons. The standard InChI is InChI=1S/C13H13FN3O/c1-16-12-15-6-3-7-17(12)9-13(16,18)10-4-2-5-11(14)8-10/h2-8,18H,9H2,1H3/q+1. The molecule has 0 bridgehead atoms. The predicted molar refractivity (Wildman–Crippen MR) is 63.1 cm³/mol. The lowest BCUT2D eigenvalue weighted by Crippen LogP contribution is -2.43. The van der Waals surface area contributed by atoms with Crippen LogP contribution in [0.25, 0.3) is 0 Å². The maximum atomic E-state index is 13.3. The number of fused-ring (bicyclic) bond motifs is 1. The summed E-state index contributed by atoms with van der Waals surface area (Å²) in [5, 5.41) is 10.8. The summed E-state index contributed by atoms with van der Waals surface area (Å²) >= 11 is 0. The minimum absolute atomic E-state index is 0.329. The van der Waals surface area contributed by atoms with Gasteiger partial charge in [0.15, 0.2) is 0 Å². The molecule has 92 valence electrons. The molecular formula is C13H13FN3O+. The third-order valence-electron chi connectivity index (χ3n) is 3.33. The Hall–Kier alpha value is -2.01. The van der Waals surface area contributed by atoms with Crippen LogP contribution in [0.2, 0.25) is 0 Å². The van der Waals surface area contributed by atoms with Crippen LogP contribution in [-0.2, 0) is 12.3 Å². The third-order valence-corrected chi connectivity index (χ3v) is 3.33. The van der Waals surface area contributed by atoms with Gasteiger partial charge in [-0.3, -0.25) is 0 Å². The fraction of sp³-hybridized carbons (Fsp3) is 0.231. The number of likely N-dealkylation sites (N-methyl/N-ethyl adjacent to an activating group) is 1. The van der Waals surface area contributed by atoms with E-state index in [4.69, 9.17) is 0 Å². The number of anilines is 1. The first-order valence-corrected chi connectivity index (χ1v) is 5.68. The van der Waals surface area contributed by atoms with Crippen LogP contribution in [-0.4, -0.2) is 17.1 Å². The molecule has 1 N–H and O–H groups in total. The summed E-state index contributed by atoms with van der Waals surface area (Å²) in [5.74, 6) is 0.299. The van der Waals surface area contributed by atoms with Crippen molar-refractivity contribution < 1.29 is 14.1 Å². The second-order valence-corrected chi connectivity index (χ2v) is 4.43. The molecule has 0 saturated carbocycles. The summed E-state index contributed by atoms with van der Waals surface area (Å²) in [5.41, 5.74) is -0.737. The van der Waals surface area contributed by atoms with Crippen molar-refractivity contribution in [2.75, 3.05) is 11.9 Å². The van der Waals surface area contributed by atoms with Crippen molar-refractivity contribution in [2.24, 2.45) is 0 Å². The quantitative estimate of drug-likeness (QED) is 0.757. The van der Waals surface area contributed by atoms with E-state index in [1.54, 1.807) is 36.3 Å². The Bertz CT molecular complexity index is 604. The van der Waals surface area contributed by atoms with Gasteiger partial charge in [-0.25, -0.2) is 13.9 Å². The number of benzene rings is 1. The lowest BCUT2D eigenvalue weighted by molar-refractivity contribution is -0.685. The molecular weight excluding hydrogens is 233 g/mol. The fourth-order valence-corrected chi connectivity index (χ4v) is 2.33. The molecule has 0 saturated heterocycles. The van der Waals surface area contributed by atoms with Crippen LogP contribution in [0.5, 0.6) is 0 Å². The molecule has 3 rings (SSSR count). The Balaban J connectivity index is 2.09. The molecule has 1 unspecified atom stereocenters. The Kier molecular flexibility index (Phi) is 2.31. The molecule has 4 nitrogen and oxygen atoms in total. The van der Waals surface area contributed by atoms with Crippen molar-refractivity contribution in [3.05, 3.63) is 54.1 Å². The van der Waals surface area contributed by atoms with Gasteiger partial charge in [-0.15, -0.1) is 0 Å². The zero-order valence-electron chi connectivity index (χ0n) is 9.92. The van der Waals surface area contributed by atoms with Crippen LogP contribution in [0.3, 0.4) is 0 Å². The largest absolute Gasteiger partial charge is 0.396 e. The molecule has 18 heavy (non-hydrogen) atoms. The van der Waals surface area contributed by atoms with E-state index in [1.807, 2.05) is 10.8 Å². The summed E-state index contributed by atoms with van der Waals surface area (Å²) in [4.78, 5) is 5.87. The van der Waals surface area contributed by atoms with Gasteiger partial charge < -0.3 is 5.11 Å². The first-order valence-electron chi connectivity index (χ1n) is 5.68. The van der Waals surface area contributed by atoms with Crippen molar-refractivity contribution in [2.45, 2.75) is 12.3 Å². The van der Waals surface area contributed by atoms with E-state index >= 15 is 0 Å². The maximum Gasteiger partial charge on any atom is 0.396 e. The minimum Gasteiger partial charge on any atom is -0.353 e. The van der Waals surface area contributed by atoms with Crippen LogP contribution in [0.1, 0.15) is 5.56 Å². The fourth-order valence-electron chi connectivity index (χ4n) is 2.33. The highest BCUT2D eigenvalue weighted by Crippen LogP contribution is 2.32. The van der Waals surface area contributed by atoms with E-state index < -0.39 is 5.72 Å². The number of aliphatic hydroxyl groups is 1. The first-order chi connectivity index (χ1) is 8.61. The molecule has 5 heteroatoms. The Labute approximate surface area is 104 Å². The first kappa shape index (κ1) is 11.1. The molecule has 1 aliphatic heterocycles. The lowest BCUT2D eigenvalue weighted by atomic mass is 10.0. The van der Waals surface area contributed by atoms with Gasteiger partial charge in [0.25, 0.3) is 0 Å². The molecule has 1 aromatic heterocycles. The van der Waals surface area contributed by atoms with Crippen molar-refractivity contribution >= 4 is 5.95 Å². The normalized spacial score (nSPS) is 22.1. The van der Waals surface area contributed by atoms with Gasteiger partial charge in [-0.1, -0.05) is 17.1 Å². The van der Waals surface area contributed by atoms with E-state index in [-0.39, 0.29) is 5.82 Å². The minimum atomic E-state index is -1.26. The molecule has 0 fully saturated rings. The van der Waals surface area contributed by atoms with Crippen LogP contribution in [0, 0.1) is 5.82 Å². The summed E-state index contributed by atoms with van der Waals surface area (Å²) in [6, 6.07) is 7.82. The van der Waals surface area contributed by atoms with E-state index in [0.29, 0.717) is 18.1 Å². The van der Waals surface area contributed by atoms with Gasteiger partial charge in [0.2, 0.25) is 5.72 Å². The highest BCUT2D eigenvalue weighted by Gasteiger charge is 2.49. The Morgan fingerprint density at radius 3 is 3.00 bits per heavy atom. The Morgan fingerprint density at radius 1 is 1.44 bits per heavy atom. The number of aromatic nitrogens is 2. The molecule has 2 aromatic rings. The van der Waals surface area contributed by atoms with Gasteiger partial charge >= 0.3 is 5.95 Å². The van der Waals surface area contributed by atoms with Gasteiger partial charge in [-0.2, -0.15) is 0 Å². The second-order valence-electron chi connectivity index (χ2n) is 4.43. The van der Waals surface area contributed by atoms with Crippen molar-refractivity contribution in [1.82, 2.24) is 4.98 Å². The monoisotopic (exact) mass is 246 g/mol. The molecule has 1 aromatic carbocycles. The summed E-state index contributed by atoms with van der Waals surface area (Å²) in [6.45, 7) is 0.329. The van der Waals surface area contributed by atoms with Gasteiger partial charge in [0.05, 0.1) is 13.2 Å². The van der Waals surface area contributed by atoms with Crippen LogP contribution in [0.15, 0.2) is 42.7 Å². The van der Waals surface area contributed by atoms with E-state index in [0.717, 1.165) is 0 Å². The summed E-state index contributed by atoms with van der Waals surface area (Å²) in [6.07, 6.45) is 3.51. The van der Waals surface area contributed by atoms with Crippen molar-refractivity contribution in [1.29, 1.82) is 0 Å². The van der Waals surface area contributed by atoms with Crippen molar-refractivity contribution in [3.63, 3.8) is 0 Å². The summed E-state index contributed by atoms with van der Waals surface area (Å²) < 4.78 is 15.1. The average molecular weight is 246 g/mol. The van der Waals surface area contributed by atoms with Crippen molar-refractivity contribution in [3.8, 4) is 0 Å². The van der Waals surface area contributed by atoms with Crippen LogP contribution in [0.4, 0.5) is 10.3 Å². The Morgan fingerprint density at radius 2 is 2.28 bits per heavy atom. The van der Waals surface area contributed by atoms with E-state index in [2.05, 4.69) is 4.98 Å². The zero-order chi connectivity index (χ0) is 12.8.